The van der Waals surface area contributed by atoms with E-state index in [1.165, 1.54) is 5.56 Å². The number of pyridine rings is 1. The van der Waals surface area contributed by atoms with E-state index in [-0.39, 0.29) is 11.4 Å². The van der Waals surface area contributed by atoms with Crippen LogP contribution in [0.25, 0.3) is 11.5 Å². The fraction of sp³-hybridized carbons (Fsp3) is 0.176. The summed E-state index contributed by atoms with van der Waals surface area (Å²) >= 11 is 0. The molecule has 1 amide bonds. The Morgan fingerprint density at radius 3 is 2.70 bits per heavy atom. The number of hydrogen-bond donors (Lipinski definition) is 1. The first-order valence-corrected chi connectivity index (χ1v) is 7.36. The first-order chi connectivity index (χ1) is 11.2. The van der Waals surface area contributed by atoms with Gasteiger partial charge in [-0.2, -0.15) is 4.98 Å². The maximum atomic E-state index is 11.4. The molecule has 116 valence electrons. The summed E-state index contributed by atoms with van der Waals surface area (Å²) < 4.78 is 5.24. The lowest BCUT2D eigenvalue weighted by Crippen LogP contribution is -2.13. The van der Waals surface area contributed by atoms with Crippen LogP contribution in [0.1, 0.15) is 28.2 Å². The predicted molar refractivity (Wildman–Crippen MR) is 84.5 cm³/mol. The molecule has 0 fully saturated rings. The van der Waals surface area contributed by atoms with Gasteiger partial charge in [-0.25, -0.2) is 0 Å². The molecular weight excluding hydrogens is 292 g/mol. The Morgan fingerprint density at radius 1 is 1.09 bits per heavy atom. The van der Waals surface area contributed by atoms with Crippen LogP contribution in [0.2, 0.25) is 0 Å². The molecule has 0 atom stereocenters. The van der Waals surface area contributed by atoms with Gasteiger partial charge in [-0.3, -0.25) is 9.78 Å². The molecule has 3 rings (SSSR count). The molecule has 0 aliphatic rings. The van der Waals surface area contributed by atoms with Crippen LogP contribution in [0.4, 0.5) is 0 Å². The van der Waals surface area contributed by atoms with Gasteiger partial charge in [0.15, 0.2) is 0 Å². The second-order valence-electron chi connectivity index (χ2n) is 5.11. The number of hydrogen-bond acceptors (Lipinski definition) is 5. The van der Waals surface area contributed by atoms with E-state index in [1.807, 2.05) is 18.2 Å². The van der Waals surface area contributed by atoms with Crippen LogP contribution in [0.5, 0.6) is 0 Å². The Hall–Kier alpha value is -3.02. The third-order valence-corrected chi connectivity index (χ3v) is 3.45. The summed E-state index contributed by atoms with van der Waals surface area (Å²) in [7, 11) is 0. The highest BCUT2D eigenvalue weighted by atomic mass is 16.5. The highest BCUT2D eigenvalue weighted by Crippen LogP contribution is 2.18. The van der Waals surface area contributed by atoms with Crippen molar-refractivity contribution >= 4 is 5.91 Å². The fourth-order valence-corrected chi connectivity index (χ4v) is 2.32. The van der Waals surface area contributed by atoms with E-state index in [1.54, 1.807) is 18.3 Å². The molecule has 2 heterocycles. The molecule has 0 aliphatic carbocycles. The Labute approximate surface area is 133 Å². The van der Waals surface area contributed by atoms with Gasteiger partial charge in [-0.1, -0.05) is 35.5 Å². The average Bonchev–Trinajstić information content (AvgIpc) is 3.04. The van der Waals surface area contributed by atoms with E-state index in [0.29, 0.717) is 18.0 Å². The quantitative estimate of drug-likeness (QED) is 0.754. The maximum absolute atomic E-state index is 11.4. The Morgan fingerprint density at radius 2 is 1.91 bits per heavy atom. The molecule has 2 N–H and O–H groups in total. The number of amides is 1. The summed E-state index contributed by atoms with van der Waals surface area (Å²) in [5.74, 6) is 0.245. The summed E-state index contributed by atoms with van der Waals surface area (Å²) in [5.41, 5.74) is 7.24. The molecule has 0 spiro atoms. The topological polar surface area (TPSA) is 94.9 Å². The summed E-state index contributed by atoms with van der Waals surface area (Å²) in [6, 6.07) is 13.5. The summed E-state index contributed by atoms with van der Waals surface area (Å²) in [6.07, 6.45) is 4.07. The minimum absolute atomic E-state index is 0.282. The smallest absolute Gasteiger partial charge is 0.251 e. The number of rotatable bonds is 6. The van der Waals surface area contributed by atoms with Gasteiger partial charge in [-0.05, 0) is 30.5 Å². The van der Waals surface area contributed by atoms with Crippen molar-refractivity contribution in [3.05, 3.63) is 65.7 Å². The lowest BCUT2D eigenvalue weighted by molar-refractivity contribution is 0.100. The number of nitrogens with two attached hydrogens (primary N) is 1. The van der Waals surface area contributed by atoms with Gasteiger partial charge in [0.1, 0.15) is 5.69 Å². The minimum atomic E-state index is -0.566. The number of aryl methyl sites for hydroxylation is 2. The number of nitrogens with zero attached hydrogens (tertiary/aromatic N) is 3. The van der Waals surface area contributed by atoms with Gasteiger partial charge in [0, 0.05) is 12.6 Å². The molecule has 0 radical (unpaired) electrons. The first kappa shape index (κ1) is 14.9. The molecule has 2 aromatic heterocycles. The van der Waals surface area contributed by atoms with E-state index < -0.39 is 5.91 Å². The second-order valence-corrected chi connectivity index (χ2v) is 5.11. The molecule has 1 aromatic carbocycles. The average molecular weight is 308 g/mol. The lowest BCUT2D eigenvalue weighted by atomic mass is 10.1. The molecule has 0 bridgehead atoms. The molecule has 6 nitrogen and oxygen atoms in total. The number of benzene rings is 1. The largest absolute Gasteiger partial charge is 0.366 e. The Bertz CT molecular complexity index is 799. The summed E-state index contributed by atoms with van der Waals surface area (Å²) in [4.78, 5) is 19.9. The van der Waals surface area contributed by atoms with Crippen LogP contribution in [0.3, 0.4) is 0 Å². The number of carbonyl (C=O) groups excluding carboxylic acids is 1. The zero-order chi connectivity index (χ0) is 16.1. The van der Waals surface area contributed by atoms with Crippen molar-refractivity contribution in [1.82, 2.24) is 15.1 Å². The molecule has 0 saturated heterocycles. The third-order valence-electron chi connectivity index (χ3n) is 3.45. The van der Waals surface area contributed by atoms with Crippen molar-refractivity contribution in [2.45, 2.75) is 19.3 Å². The fourth-order valence-electron chi connectivity index (χ4n) is 2.32. The molecular formula is C17H16N4O2. The zero-order valence-corrected chi connectivity index (χ0v) is 12.5. The predicted octanol–water partition coefficient (Wildman–Crippen LogP) is 2.41. The van der Waals surface area contributed by atoms with E-state index in [9.17, 15) is 4.79 Å². The van der Waals surface area contributed by atoms with Gasteiger partial charge in [0.25, 0.3) is 5.91 Å². The molecule has 0 unspecified atom stereocenters. The second kappa shape index (κ2) is 6.83. The SMILES string of the molecule is NC(=O)c1cccnc1-c1noc(CCCc2ccccc2)n1. The number of carbonyl (C=O) groups is 1. The maximum Gasteiger partial charge on any atom is 0.251 e. The van der Waals surface area contributed by atoms with Crippen molar-refractivity contribution < 1.29 is 9.32 Å². The number of primary amides is 1. The van der Waals surface area contributed by atoms with Gasteiger partial charge in [0.05, 0.1) is 5.56 Å². The minimum Gasteiger partial charge on any atom is -0.366 e. The van der Waals surface area contributed by atoms with Gasteiger partial charge >= 0.3 is 0 Å². The Kier molecular flexibility index (Phi) is 4.42. The van der Waals surface area contributed by atoms with Crippen LogP contribution >= 0.6 is 0 Å². The highest BCUT2D eigenvalue weighted by Gasteiger charge is 2.16. The third kappa shape index (κ3) is 3.60. The van der Waals surface area contributed by atoms with Crippen LogP contribution in [0, 0.1) is 0 Å². The van der Waals surface area contributed by atoms with E-state index in [2.05, 4.69) is 27.3 Å². The molecule has 0 aliphatic heterocycles. The monoisotopic (exact) mass is 308 g/mol. The Balaban J connectivity index is 1.68. The van der Waals surface area contributed by atoms with Crippen molar-refractivity contribution in [2.75, 3.05) is 0 Å². The van der Waals surface area contributed by atoms with Crippen molar-refractivity contribution in [3.8, 4) is 11.5 Å². The lowest BCUT2D eigenvalue weighted by Gasteiger charge is -1.99. The number of aromatic nitrogens is 3. The van der Waals surface area contributed by atoms with Crippen LogP contribution in [0.15, 0.2) is 53.2 Å². The van der Waals surface area contributed by atoms with E-state index >= 15 is 0 Å². The molecule has 23 heavy (non-hydrogen) atoms. The molecule has 0 saturated carbocycles. The van der Waals surface area contributed by atoms with E-state index in [0.717, 1.165) is 12.8 Å². The van der Waals surface area contributed by atoms with E-state index in [4.69, 9.17) is 10.3 Å². The van der Waals surface area contributed by atoms with Crippen LogP contribution in [-0.4, -0.2) is 21.0 Å². The standard InChI is InChI=1S/C17H16N4O2/c18-16(22)13-9-5-11-19-15(13)17-20-14(23-21-17)10-4-8-12-6-2-1-3-7-12/h1-3,5-7,9,11H,4,8,10H2,(H2,18,22). The van der Waals surface area contributed by atoms with Crippen molar-refractivity contribution in [3.63, 3.8) is 0 Å². The van der Waals surface area contributed by atoms with Gasteiger partial charge < -0.3 is 10.3 Å². The van der Waals surface area contributed by atoms with Crippen molar-refractivity contribution in [1.29, 1.82) is 0 Å². The van der Waals surface area contributed by atoms with Gasteiger partial charge in [-0.15, -0.1) is 0 Å². The highest BCUT2D eigenvalue weighted by molar-refractivity contribution is 5.97. The normalized spacial score (nSPS) is 10.6. The first-order valence-electron chi connectivity index (χ1n) is 7.36. The zero-order valence-electron chi connectivity index (χ0n) is 12.5. The molecule has 3 aromatic rings. The van der Waals surface area contributed by atoms with Crippen molar-refractivity contribution in [2.24, 2.45) is 5.73 Å². The molecule has 6 heteroatoms. The van der Waals surface area contributed by atoms with Crippen LogP contribution in [-0.2, 0) is 12.8 Å². The van der Waals surface area contributed by atoms with Crippen LogP contribution < -0.4 is 5.73 Å². The van der Waals surface area contributed by atoms with Gasteiger partial charge in [0.2, 0.25) is 11.7 Å². The summed E-state index contributed by atoms with van der Waals surface area (Å²) in [6.45, 7) is 0. The summed E-state index contributed by atoms with van der Waals surface area (Å²) in [5, 5.41) is 3.90.